The van der Waals surface area contributed by atoms with Gasteiger partial charge >= 0.3 is 0 Å². The summed E-state index contributed by atoms with van der Waals surface area (Å²) in [5.74, 6) is 0. The molecule has 0 aromatic carbocycles. The summed E-state index contributed by atoms with van der Waals surface area (Å²) in [7, 11) is -3.85. The fraction of sp³-hybridized carbons (Fsp3) is 0.333. The molecule has 5 heteroatoms. The van der Waals surface area contributed by atoms with E-state index in [1.807, 2.05) is 0 Å². The summed E-state index contributed by atoms with van der Waals surface area (Å²) in [6.07, 6.45) is 1.25. The molecule has 0 amide bonds. The third kappa shape index (κ3) is 10.0. The molecule has 8 heavy (non-hydrogen) atoms. The van der Waals surface area contributed by atoms with Crippen LogP contribution in [-0.4, -0.2) is 50.7 Å². The second kappa shape index (κ2) is 4.76. The van der Waals surface area contributed by atoms with Crippen LogP contribution in [0.15, 0.2) is 11.5 Å². The van der Waals surface area contributed by atoms with Crippen molar-refractivity contribution in [3.05, 3.63) is 11.5 Å². The minimum absolute atomic E-state index is 0. The van der Waals surface area contributed by atoms with Gasteiger partial charge in [0.05, 0.1) is 5.41 Å². The number of rotatable bonds is 1. The van der Waals surface area contributed by atoms with Gasteiger partial charge in [-0.05, 0) is 6.92 Å². The van der Waals surface area contributed by atoms with Crippen LogP contribution >= 0.6 is 0 Å². The van der Waals surface area contributed by atoms with Crippen molar-refractivity contribution in [3.8, 4) is 0 Å². The molecule has 0 atom stereocenters. The molecule has 44 valence electrons. The van der Waals surface area contributed by atoms with Crippen molar-refractivity contribution in [2.45, 2.75) is 6.92 Å². The van der Waals surface area contributed by atoms with Crippen LogP contribution in [0.3, 0.4) is 0 Å². The zero-order chi connectivity index (χ0) is 5.91. The van der Waals surface area contributed by atoms with Crippen molar-refractivity contribution in [3.63, 3.8) is 0 Å². The SMILES string of the molecule is CC=CS(=O)(=O)O.[Ca]. The van der Waals surface area contributed by atoms with Crippen LogP contribution in [0, 0.1) is 0 Å². The summed E-state index contributed by atoms with van der Waals surface area (Å²) in [4.78, 5) is 0. The molecule has 0 aliphatic heterocycles. The molecular weight excluding hydrogens is 156 g/mol. The monoisotopic (exact) mass is 162 g/mol. The molecule has 0 bridgehead atoms. The van der Waals surface area contributed by atoms with Gasteiger partial charge < -0.3 is 0 Å². The molecule has 0 spiro atoms. The Morgan fingerprint density at radius 3 is 1.88 bits per heavy atom. The second-order valence-electron chi connectivity index (χ2n) is 0.984. The Morgan fingerprint density at radius 1 is 1.50 bits per heavy atom. The van der Waals surface area contributed by atoms with E-state index in [1.165, 1.54) is 13.0 Å². The fourth-order valence-corrected chi connectivity index (χ4v) is 0.516. The minimum atomic E-state index is -3.85. The Hall–Kier alpha value is 0.910. The van der Waals surface area contributed by atoms with Gasteiger partial charge in [-0.1, -0.05) is 6.08 Å². The van der Waals surface area contributed by atoms with Crippen molar-refractivity contribution >= 4 is 47.9 Å². The average Bonchev–Trinajstić information content (AvgIpc) is 1.30. The first-order valence-corrected chi connectivity index (χ1v) is 3.17. The van der Waals surface area contributed by atoms with Gasteiger partial charge in [-0.3, -0.25) is 4.55 Å². The number of hydrogen-bond donors (Lipinski definition) is 1. The Balaban J connectivity index is 0. The van der Waals surface area contributed by atoms with Crippen LogP contribution < -0.4 is 0 Å². The topological polar surface area (TPSA) is 54.4 Å². The Kier molecular flexibility index (Phi) is 6.94. The Morgan fingerprint density at radius 2 is 1.88 bits per heavy atom. The molecule has 0 aliphatic rings. The molecule has 3 nitrogen and oxygen atoms in total. The summed E-state index contributed by atoms with van der Waals surface area (Å²) in [5, 5.41) is 0.715. The smallest absolute Gasteiger partial charge is 0.282 e. The molecule has 0 fully saturated rings. The first-order valence-electron chi connectivity index (χ1n) is 1.66. The largest absolute Gasteiger partial charge is 0.287 e. The van der Waals surface area contributed by atoms with E-state index in [0.29, 0.717) is 5.41 Å². The van der Waals surface area contributed by atoms with E-state index < -0.39 is 10.1 Å². The quantitative estimate of drug-likeness (QED) is 0.437. The Bertz CT molecular complexity index is 157. The average molecular weight is 162 g/mol. The summed E-state index contributed by atoms with van der Waals surface area (Å²) in [6, 6.07) is 0. The molecule has 1 N–H and O–H groups in total. The van der Waals surface area contributed by atoms with Crippen molar-refractivity contribution in [1.82, 2.24) is 0 Å². The molecule has 0 saturated heterocycles. The van der Waals surface area contributed by atoms with Gasteiger partial charge in [-0.2, -0.15) is 8.42 Å². The molecule has 0 rings (SSSR count). The maximum Gasteiger partial charge on any atom is 0.287 e. The molecule has 0 saturated carbocycles. The zero-order valence-electron chi connectivity index (χ0n) is 4.53. The van der Waals surface area contributed by atoms with Crippen molar-refractivity contribution in [2.75, 3.05) is 0 Å². The van der Waals surface area contributed by atoms with E-state index in [-0.39, 0.29) is 37.7 Å². The molecule has 2 radical (unpaired) electrons. The predicted octanol–water partition coefficient (Wildman–Crippen LogP) is 0.0270. The van der Waals surface area contributed by atoms with E-state index in [1.54, 1.807) is 0 Å². The summed E-state index contributed by atoms with van der Waals surface area (Å²) >= 11 is 0. The first kappa shape index (κ1) is 11.7. The zero-order valence-corrected chi connectivity index (χ0v) is 7.56. The number of hydrogen-bond acceptors (Lipinski definition) is 2. The molecule has 0 aromatic heterocycles. The van der Waals surface area contributed by atoms with E-state index in [9.17, 15) is 8.42 Å². The van der Waals surface area contributed by atoms with E-state index in [2.05, 4.69) is 0 Å². The van der Waals surface area contributed by atoms with Crippen LogP contribution in [0.1, 0.15) is 6.92 Å². The standard InChI is InChI=1S/C3H6O3S.Ca/c1-2-3-7(4,5)6;/h2-3H,1H3,(H,4,5,6);. The van der Waals surface area contributed by atoms with Crippen LogP contribution in [-0.2, 0) is 10.1 Å². The van der Waals surface area contributed by atoms with Crippen LogP contribution in [0.5, 0.6) is 0 Å². The normalized spacial score (nSPS) is 11.2. The summed E-state index contributed by atoms with van der Waals surface area (Å²) < 4.78 is 27.3. The van der Waals surface area contributed by atoms with E-state index in [0.717, 1.165) is 0 Å². The van der Waals surface area contributed by atoms with Crippen molar-refractivity contribution in [1.29, 1.82) is 0 Å². The molecule has 0 unspecified atom stereocenters. The van der Waals surface area contributed by atoms with Gasteiger partial charge in [0.2, 0.25) is 0 Å². The van der Waals surface area contributed by atoms with Gasteiger partial charge in [-0.15, -0.1) is 0 Å². The van der Waals surface area contributed by atoms with Gasteiger partial charge in [-0.25, -0.2) is 0 Å². The van der Waals surface area contributed by atoms with E-state index in [4.69, 9.17) is 4.55 Å². The second-order valence-corrected chi connectivity index (χ2v) is 2.29. The van der Waals surface area contributed by atoms with Crippen LogP contribution in [0.25, 0.3) is 0 Å². The van der Waals surface area contributed by atoms with Crippen molar-refractivity contribution < 1.29 is 13.0 Å². The first-order chi connectivity index (χ1) is 3.06. The molecule has 0 aliphatic carbocycles. The Labute approximate surface area is 78.5 Å². The van der Waals surface area contributed by atoms with Crippen LogP contribution in [0.4, 0.5) is 0 Å². The van der Waals surface area contributed by atoms with Crippen molar-refractivity contribution in [2.24, 2.45) is 0 Å². The predicted molar refractivity (Wildman–Crippen MR) is 32.1 cm³/mol. The maximum absolute atomic E-state index is 9.70. The molecular formula is C3H6CaO3S. The minimum Gasteiger partial charge on any atom is -0.282 e. The fourth-order valence-electron chi connectivity index (χ4n) is 0.172. The third-order valence-electron chi connectivity index (χ3n) is 0.308. The van der Waals surface area contributed by atoms with Crippen LogP contribution in [0.2, 0.25) is 0 Å². The third-order valence-corrected chi connectivity index (χ3v) is 0.924. The summed E-state index contributed by atoms with van der Waals surface area (Å²) in [5.41, 5.74) is 0. The van der Waals surface area contributed by atoms with Gasteiger partial charge in [0, 0.05) is 37.7 Å². The summed E-state index contributed by atoms with van der Waals surface area (Å²) in [6.45, 7) is 1.51. The van der Waals surface area contributed by atoms with E-state index >= 15 is 0 Å². The van der Waals surface area contributed by atoms with Gasteiger partial charge in [0.1, 0.15) is 0 Å². The molecule has 0 heterocycles. The maximum atomic E-state index is 9.70. The molecule has 0 aromatic rings. The number of allylic oxidation sites excluding steroid dienone is 1. The van der Waals surface area contributed by atoms with Gasteiger partial charge in [0.15, 0.2) is 0 Å². The van der Waals surface area contributed by atoms with Gasteiger partial charge in [0.25, 0.3) is 10.1 Å².